The number of carbonyl (C=O) groups is 1. The van der Waals surface area contributed by atoms with Gasteiger partial charge in [-0.25, -0.2) is 0 Å². The molecule has 0 amide bonds. The standard InChI is InChI=1S/C5H10O4S/c1-2-5(6)3-4-10(7,8)9/h2-4H2,1H3,(H,7,8,9). The van der Waals surface area contributed by atoms with Crippen LogP contribution in [0, 0.1) is 0 Å². The van der Waals surface area contributed by atoms with Crippen LogP contribution in [0.15, 0.2) is 0 Å². The van der Waals surface area contributed by atoms with Crippen molar-refractivity contribution in [2.45, 2.75) is 19.8 Å². The lowest BCUT2D eigenvalue weighted by Crippen LogP contribution is -2.08. The highest BCUT2D eigenvalue weighted by molar-refractivity contribution is 7.85. The Morgan fingerprint density at radius 1 is 1.50 bits per heavy atom. The van der Waals surface area contributed by atoms with E-state index < -0.39 is 15.9 Å². The van der Waals surface area contributed by atoms with Gasteiger partial charge < -0.3 is 0 Å². The Hall–Kier alpha value is -0.420. The van der Waals surface area contributed by atoms with E-state index in [0.717, 1.165) is 0 Å². The van der Waals surface area contributed by atoms with Crippen molar-refractivity contribution in [3.63, 3.8) is 0 Å². The summed E-state index contributed by atoms with van der Waals surface area (Å²) in [5.74, 6) is -0.614. The van der Waals surface area contributed by atoms with Gasteiger partial charge in [-0.15, -0.1) is 0 Å². The Balaban J connectivity index is 3.67. The van der Waals surface area contributed by atoms with Crippen molar-refractivity contribution in [1.29, 1.82) is 0 Å². The highest BCUT2D eigenvalue weighted by Crippen LogP contribution is 1.92. The van der Waals surface area contributed by atoms with Gasteiger partial charge >= 0.3 is 0 Å². The number of ketones is 1. The van der Waals surface area contributed by atoms with Gasteiger partial charge in [-0.2, -0.15) is 8.42 Å². The lowest BCUT2D eigenvalue weighted by Gasteiger charge is -1.93. The van der Waals surface area contributed by atoms with Crippen molar-refractivity contribution in [2.75, 3.05) is 5.75 Å². The van der Waals surface area contributed by atoms with E-state index >= 15 is 0 Å². The zero-order valence-corrected chi connectivity index (χ0v) is 6.52. The van der Waals surface area contributed by atoms with E-state index in [0.29, 0.717) is 6.42 Å². The predicted octanol–water partition coefficient (Wildman–Crippen LogP) is 0.243. The number of hydrogen-bond donors (Lipinski definition) is 1. The lowest BCUT2D eigenvalue weighted by molar-refractivity contribution is -0.118. The molecule has 0 aromatic heterocycles. The average Bonchev–Trinajstić information content (AvgIpc) is 1.81. The molecule has 0 radical (unpaired) electrons. The average molecular weight is 166 g/mol. The molecule has 0 aromatic rings. The van der Waals surface area contributed by atoms with E-state index in [9.17, 15) is 13.2 Å². The summed E-state index contributed by atoms with van der Waals surface area (Å²) in [6, 6.07) is 0. The van der Waals surface area contributed by atoms with Crippen LogP contribution in [0.3, 0.4) is 0 Å². The molecule has 0 aliphatic carbocycles. The maximum absolute atomic E-state index is 10.5. The number of hydrogen-bond acceptors (Lipinski definition) is 3. The summed E-state index contributed by atoms with van der Waals surface area (Å²) in [7, 11) is -3.95. The Morgan fingerprint density at radius 3 is 2.30 bits per heavy atom. The second-order valence-corrected chi connectivity index (χ2v) is 3.50. The van der Waals surface area contributed by atoms with Crippen LogP contribution in [0.25, 0.3) is 0 Å². The molecule has 0 saturated carbocycles. The molecule has 0 spiro atoms. The molecular formula is C5H10O4S. The Bertz CT molecular complexity index is 204. The lowest BCUT2D eigenvalue weighted by atomic mass is 10.2. The summed E-state index contributed by atoms with van der Waals surface area (Å²) in [6.07, 6.45) is 0.227. The summed E-state index contributed by atoms with van der Waals surface area (Å²) in [4.78, 5) is 10.5. The Morgan fingerprint density at radius 2 is 2.00 bits per heavy atom. The largest absolute Gasteiger partial charge is 0.300 e. The van der Waals surface area contributed by atoms with Crippen molar-refractivity contribution in [3.8, 4) is 0 Å². The molecule has 0 unspecified atom stereocenters. The van der Waals surface area contributed by atoms with E-state index in [1.54, 1.807) is 6.92 Å². The molecule has 0 aromatic carbocycles. The molecule has 4 nitrogen and oxygen atoms in total. The van der Waals surface area contributed by atoms with Gasteiger partial charge in [0.1, 0.15) is 5.78 Å². The first-order chi connectivity index (χ1) is 4.45. The third kappa shape index (κ3) is 5.71. The molecule has 0 bridgehead atoms. The SMILES string of the molecule is CCC(=O)CCS(=O)(=O)O. The molecule has 10 heavy (non-hydrogen) atoms. The Labute approximate surface area is 60.0 Å². The van der Waals surface area contributed by atoms with Crippen LogP contribution in [-0.2, 0) is 14.9 Å². The van der Waals surface area contributed by atoms with Crippen LogP contribution < -0.4 is 0 Å². The van der Waals surface area contributed by atoms with Crippen molar-refractivity contribution >= 4 is 15.9 Å². The van der Waals surface area contributed by atoms with Crippen LogP contribution in [0.2, 0.25) is 0 Å². The van der Waals surface area contributed by atoms with E-state index in [-0.39, 0.29) is 12.2 Å². The van der Waals surface area contributed by atoms with Crippen molar-refractivity contribution in [2.24, 2.45) is 0 Å². The van der Waals surface area contributed by atoms with Gasteiger partial charge in [-0.3, -0.25) is 9.35 Å². The van der Waals surface area contributed by atoms with Gasteiger partial charge in [0.05, 0.1) is 5.75 Å². The summed E-state index contributed by atoms with van der Waals surface area (Å²) in [5, 5.41) is 0. The first kappa shape index (κ1) is 9.58. The molecule has 0 aliphatic heterocycles. The molecular weight excluding hydrogens is 156 g/mol. The molecule has 1 N–H and O–H groups in total. The minimum absolute atomic E-state index is 0.0880. The molecule has 0 rings (SSSR count). The maximum Gasteiger partial charge on any atom is 0.265 e. The zero-order valence-electron chi connectivity index (χ0n) is 5.70. The quantitative estimate of drug-likeness (QED) is 0.607. The molecule has 5 heteroatoms. The van der Waals surface area contributed by atoms with Gasteiger partial charge in [0.25, 0.3) is 10.1 Å². The monoisotopic (exact) mass is 166 g/mol. The van der Waals surface area contributed by atoms with Crippen molar-refractivity contribution in [1.82, 2.24) is 0 Å². The van der Waals surface area contributed by atoms with Crippen molar-refractivity contribution < 1.29 is 17.8 Å². The molecule has 0 aliphatic rings. The summed E-state index contributed by atoms with van der Waals surface area (Å²) >= 11 is 0. The molecule has 60 valence electrons. The van der Waals surface area contributed by atoms with Crippen LogP contribution in [0.1, 0.15) is 19.8 Å². The van der Waals surface area contributed by atoms with Crippen LogP contribution in [0.4, 0.5) is 0 Å². The molecule has 0 saturated heterocycles. The van der Waals surface area contributed by atoms with Crippen molar-refractivity contribution in [3.05, 3.63) is 0 Å². The predicted molar refractivity (Wildman–Crippen MR) is 36.3 cm³/mol. The van der Waals surface area contributed by atoms with Gasteiger partial charge in [-0.05, 0) is 0 Å². The summed E-state index contributed by atoms with van der Waals surface area (Å²) in [6.45, 7) is 1.65. The second kappa shape index (κ2) is 3.68. The zero-order chi connectivity index (χ0) is 8.20. The topological polar surface area (TPSA) is 71.4 Å². The number of carbonyl (C=O) groups excluding carboxylic acids is 1. The number of Topliss-reactive ketones (excluding diaryl/α,β-unsaturated/α-hetero) is 1. The third-order valence-corrected chi connectivity index (χ3v) is 1.75. The van der Waals surface area contributed by atoms with Crippen LogP contribution in [-0.4, -0.2) is 24.5 Å². The van der Waals surface area contributed by atoms with E-state index in [1.165, 1.54) is 0 Å². The second-order valence-electron chi connectivity index (χ2n) is 1.93. The third-order valence-electron chi connectivity index (χ3n) is 1.03. The fraction of sp³-hybridized carbons (Fsp3) is 0.800. The van der Waals surface area contributed by atoms with Gasteiger partial charge in [0.2, 0.25) is 0 Å². The van der Waals surface area contributed by atoms with Crippen LogP contribution in [0.5, 0.6) is 0 Å². The fourth-order valence-corrected chi connectivity index (χ4v) is 0.905. The Kier molecular flexibility index (Phi) is 3.52. The maximum atomic E-state index is 10.5. The molecule has 0 fully saturated rings. The van der Waals surface area contributed by atoms with Gasteiger partial charge in [0, 0.05) is 12.8 Å². The summed E-state index contributed by atoms with van der Waals surface area (Å²) < 4.78 is 28.3. The number of rotatable bonds is 4. The summed E-state index contributed by atoms with van der Waals surface area (Å²) in [5.41, 5.74) is 0. The van der Waals surface area contributed by atoms with Crippen LogP contribution >= 0.6 is 0 Å². The first-order valence-corrected chi connectivity index (χ1v) is 4.53. The first-order valence-electron chi connectivity index (χ1n) is 2.92. The smallest absolute Gasteiger partial charge is 0.265 e. The normalized spacial score (nSPS) is 11.4. The van der Waals surface area contributed by atoms with Gasteiger partial charge in [0.15, 0.2) is 0 Å². The molecule has 0 atom stereocenters. The fourth-order valence-electron chi connectivity index (χ4n) is 0.420. The minimum atomic E-state index is -3.95. The van der Waals surface area contributed by atoms with E-state index in [2.05, 4.69) is 0 Å². The highest BCUT2D eigenvalue weighted by Gasteiger charge is 2.06. The minimum Gasteiger partial charge on any atom is -0.300 e. The van der Waals surface area contributed by atoms with Gasteiger partial charge in [-0.1, -0.05) is 6.92 Å². The van der Waals surface area contributed by atoms with E-state index in [1.807, 2.05) is 0 Å². The van der Waals surface area contributed by atoms with E-state index in [4.69, 9.17) is 4.55 Å². The molecule has 0 heterocycles. The highest BCUT2D eigenvalue weighted by atomic mass is 32.2.